The Morgan fingerprint density at radius 2 is 1.19 bits per heavy atom. The Morgan fingerprint density at radius 3 is 1.58 bits per heavy atom. The fourth-order valence-corrected chi connectivity index (χ4v) is 2.16. The minimum Gasteiger partial charge on any atom is -0.506 e. The molecule has 0 saturated heterocycles. The molecule has 0 radical (unpaired) electrons. The van der Waals surface area contributed by atoms with Crippen molar-refractivity contribution in [3.63, 3.8) is 0 Å². The van der Waals surface area contributed by atoms with E-state index in [9.17, 15) is 27.5 Å². The molecule has 0 aromatic heterocycles. The monoisotopic (exact) mass is 390 g/mol. The minimum atomic E-state index is -3.00. The molecule has 9 heteroatoms. The average Bonchev–Trinajstić information content (AvgIpc) is 2.60. The molecule has 0 fully saturated rings. The van der Waals surface area contributed by atoms with Crippen LogP contribution in [0.15, 0.2) is 53.6 Å². The molecule has 0 amide bonds. The first-order chi connectivity index (χ1) is 12.3. The lowest BCUT2D eigenvalue weighted by Crippen LogP contribution is -2.04. The molecule has 1 N–H and O–H groups in total. The van der Waals surface area contributed by atoms with Gasteiger partial charge < -0.3 is 14.6 Å². The largest absolute Gasteiger partial charge is 0.506 e. The highest BCUT2D eigenvalue weighted by Crippen LogP contribution is 2.25. The van der Waals surface area contributed by atoms with Crippen LogP contribution in [0.3, 0.4) is 0 Å². The van der Waals surface area contributed by atoms with Gasteiger partial charge >= 0.3 is 13.2 Å². The molecule has 2 aromatic carbocycles. The average molecular weight is 391 g/mol. The third kappa shape index (κ3) is 5.13. The molecule has 0 aliphatic heterocycles. The molecule has 0 spiro atoms. The molecule has 0 saturated carbocycles. The maximum Gasteiger partial charge on any atom is 0.387 e. The van der Waals surface area contributed by atoms with E-state index in [1.165, 1.54) is 36.4 Å². The van der Waals surface area contributed by atoms with Crippen LogP contribution in [0.5, 0.6) is 11.5 Å². The van der Waals surface area contributed by atoms with Gasteiger partial charge in [0.1, 0.15) is 22.3 Å². The summed E-state index contributed by atoms with van der Waals surface area (Å²) >= 11 is 5.88. The van der Waals surface area contributed by atoms with E-state index in [-0.39, 0.29) is 22.6 Å². The second-order valence-corrected chi connectivity index (χ2v) is 5.18. The smallest absolute Gasteiger partial charge is 0.387 e. The van der Waals surface area contributed by atoms with Crippen molar-refractivity contribution in [2.24, 2.45) is 0 Å². The van der Waals surface area contributed by atoms with Gasteiger partial charge in [-0.2, -0.15) is 17.6 Å². The first-order valence-corrected chi connectivity index (χ1v) is 7.39. The number of hydrogen-bond donors (Lipinski definition) is 1. The summed E-state index contributed by atoms with van der Waals surface area (Å²) in [6, 6.07) is 9.52. The number of alkyl halides is 4. The molecular formula is C17H11ClF4O4. The van der Waals surface area contributed by atoms with Crippen molar-refractivity contribution >= 4 is 23.1 Å². The fourth-order valence-electron chi connectivity index (χ4n) is 1.94. The Kier molecular flexibility index (Phi) is 6.46. The molecule has 2 aromatic rings. The van der Waals surface area contributed by atoms with Gasteiger partial charge in [-0.3, -0.25) is 4.79 Å². The van der Waals surface area contributed by atoms with Crippen LogP contribution in [-0.2, 0) is 0 Å². The maximum absolute atomic E-state index is 12.2. The summed E-state index contributed by atoms with van der Waals surface area (Å²) in [6.45, 7) is -5.99. The third-order valence-electron chi connectivity index (χ3n) is 3.10. The number of carbonyl (C=O) groups excluding carboxylic acids is 1. The molecule has 0 aliphatic carbocycles. The SMILES string of the molecule is O=C(C(Cl)=C(O)c1ccc(OC(F)F)cc1)c1ccc(OC(F)F)cc1. The van der Waals surface area contributed by atoms with Crippen molar-refractivity contribution in [1.82, 2.24) is 0 Å². The molecule has 0 unspecified atom stereocenters. The number of Topliss-reactive ketones (excluding diaryl/α,β-unsaturated/α-hetero) is 1. The van der Waals surface area contributed by atoms with Gasteiger partial charge in [-0.15, -0.1) is 0 Å². The lowest BCUT2D eigenvalue weighted by atomic mass is 10.1. The van der Waals surface area contributed by atoms with E-state index in [1.807, 2.05) is 0 Å². The van der Waals surface area contributed by atoms with Crippen LogP contribution in [0.1, 0.15) is 15.9 Å². The van der Waals surface area contributed by atoms with Gasteiger partial charge in [0.05, 0.1) is 0 Å². The summed E-state index contributed by atoms with van der Waals surface area (Å²) in [7, 11) is 0. The number of halogens is 5. The van der Waals surface area contributed by atoms with Gasteiger partial charge in [-0.1, -0.05) is 11.6 Å². The van der Waals surface area contributed by atoms with Gasteiger partial charge in [0.25, 0.3) is 0 Å². The Balaban J connectivity index is 2.19. The lowest BCUT2D eigenvalue weighted by Gasteiger charge is -2.08. The number of hydrogen-bond acceptors (Lipinski definition) is 4. The van der Waals surface area contributed by atoms with Gasteiger partial charge in [0.15, 0.2) is 0 Å². The van der Waals surface area contributed by atoms with E-state index in [0.29, 0.717) is 0 Å². The van der Waals surface area contributed by atoms with Crippen molar-refractivity contribution in [3.05, 3.63) is 64.7 Å². The molecular weight excluding hydrogens is 380 g/mol. The number of ketones is 1. The van der Waals surface area contributed by atoms with Gasteiger partial charge in [0, 0.05) is 11.1 Å². The van der Waals surface area contributed by atoms with Crippen LogP contribution >= 0.6 is 11.6 Å². The second-order valence-electron chi connectivity index (χ2n) is 4.80. The summed E-state index contributed by atoms with van der Waals surface area (Å²) in [5.41, 5.74) is 0.128. The normalized spacial score (nSPS) is 12.1. The summed E-state index contributed by atoms with van der Waals surface area (Å²) in [5.74, 6) is -1.61. The van der Waals surface area contributed by atoms with Crippen molar-refractivity contribution in [1.29, 1.82) is 0 Å². The lowest BCUT2D eigenvalue weighted by molar-refractivity contribution is -0.0505. The van der Waals surface area contributed by atoms with Crippen molar-refractivity contribution in [3.8, 4) is 11.5 Å². The Bertz CT molecular complexity index is 789. The number of allylic oxidation sites excluding steroid dienone is 1. The predicted octanol–water partition coefficient (Wildman–Crippen LogP) is 5.24. The highest BCUT2D eigenvalue weighted by molar-refractivity contribution is 6.47. The number of aliphatic hydroxyl groups is 1. The molecule has 0 aliphatic rings. The zero-order valence-corrected chi connectivity index (χ0v) is 13.6. The Labute approximate surface area is 150 Å². The zero-order chi connectivity index (χ0) is 19.3. The standard InChI is InChI=1S/C17H11ClF4O4/c18-13(14(23)9-1-5-11(6-2-9)25-16(19)20)15(24)10-3-7-12(8-4-10)26-17(21)22/h1-8,16-17,23H. The van der Waals surface area contributed by atoms with Crippen molar-refractivity contribution in [2.75, 3.05) is 0 Å². The Hall–Kier alpha value is -2.74. The topological polar surface area (TPSA) is 55.8 Å². The van der Waals surface area contributed by atoms with E-state index in [1.54, 1.807) is 0 Å². The quantitative estimate of drug-likeness (QED) is 0.304. The molecule has 2 rings (SSSR count). The number of ether oxygens (including phenoxy) is 2. The third-order valence-corrected chi connectivity index (χ3v) is 3.45. The van der Waals surface area contributed by atoms with Crippen molar-refractivity contribution < 1.29 is 36.9 Å². The molecule has 0 atom stereocenters. The summed E-state index contributed by atoms with van der Waals surface area (Å²) in [5, 5.41) is 9.55. The molecule has 138 valence electrons. The number of aliphatic hydroxyl groups excluding tert-OH is 1. The van der Waals surface area contributed by atoms with Gasteiger partial charge in [-0.05, 0) is 48.5 Å². The van der Waals surface area contributed by atoms with Crippen LogP contribution in [-0.4, -0.2) is 24.1 Å². The Morgan fingerprint density at radius 1 is 0.808 bits per heavy atom. The summed E-state index contributed by atoms with van der Waals surface area (Å²) < 4.78 is 56.7. The first-order valence-electron chi connectivity index (χ1n) is 7.01. The molecule has 4 nitrogen and oxygen atoms in total. The maximum atomic E-state index is 12.2. The van der Waals surface area contributed by atoms with Crippen LogP contribution in [0, 0.1) is 0 Å². The van der Waals surface area contributed by atoms with Gasteiger partial charge in [-0.25, -0.2) is 0 Å². The van der Waals surface area contributed by atoms with E-state index >= 15 is 0 Å². The van der Waals surface area contributed by atoms with Gasteiger partial charge in [0.2, 0.25) is 5.78 Å². The van der Waals surface area contributed by atoms with Crippen LogP contribution in [0.4, 0.5) is 17.6 Å². The molecule has 0 bridgehead atoms. The van der Waals surface area contributed by atoms with Crippen molar-refractivity contribution in [2.45, 2.75) is 13.2 Å². The summed E-state index contributed by atoms with van der Waals surface area (Å²) in [6.07, 6.45) is 0. The minimum absolute atomic E-state index is 0.0285. The molecule has 0 heterocycles. The van der Waals surface area contributed by atoms with Crippen LogP contribution in [0.25, 0.3) is 5.76 Å². The van der Waals surface area contributed by atoms with E-state index in [0.717, 1.165) is 12.1 Å². The zero-order valence-electron chi connectivity index (χ0n) is 12.8. The molecule has 26 heavy (non-hydrogen) atoms. The van der Waals surface area contributed by atoms with E-state index in [2.05, 4.69) is 9.47 Å². The first kappa shape index (κ1) is 19.6. The van der Waals surface area contributed by atoms with E-state index in [4.69, 9.17) is 11.6 Å². The summed E-state index contributed by atoms with van der Waals surface area (Å²) in [4.78, 5) is 12.2. The van der Waals surface area contributed by atoms with Crippen LogP contribution in [0.2, 0.25) is 0 Å². The number of benzene rings is 2. The highest BCUT2D eigenvalue weighted by Gasteiger charge is 2.17. The highest BCUT2D eigenvalue weighted by atomic mass is 35.5. The second kappa shape index (κ2) is 8.57. The van der Waals surface area contributed by atoms with Crippen LogP contribution < -0.4 is 9.47 Å². The number of carbonyl (C=O) groups is 1. The number of rotatable bonds is 7. The predicted molar refractivity (Wildman–Crippen MR) is 85.9 cm³/mol. The van der Waals surface area contributed by atoms with E-state index < -0.39 is 29.8 Å². The fraction of sp³-hybridized carbons (Fsp3) is 0.118.